The second kappa shape index (κ2) is 5.10. The van der Waals surface area contributed by atoms with Gasteiger partial charge in [-0.3, -0.25) is 4.90 Å². The molecule has 2 heteroatoms. The Morgan fingerprint density at radius 1 is 1.27 bits per heavy atom. The van der Waals surface area contributed by atoms with Gasteiger partial charge in [-0.1, -0.05) is 42.5 Å². The highest BCUT2D eigenvalue weighted by Gasteiger charge is 2.11. The lowest BCUT2D eigenvalue weighted by atomic mass is 10.1. The molecule has 15 heavy (non-hydrogen) atoms. The van der Waals surface area contributed by atoms with E-state index in [1.807, 2.05) is 18.2 Å². The third-order valence-electron chi connectivity index (χ3n) is 2.73. The number of β-amino-alcohol motifs (C(OH)–C–C–N with tert-alkyl or cyclic N) is 1. The topological polar surface area (TPSA) is 23.5 Å². The Morgan fingerprint density at radius 3 is 2.80 bits per heavy atom. The molecule has 0 radical (unpaired) electrons. The van der Waals surface area contributed by atoms with E-state index in [0.29, 0.717) is 0 Å². The molecular formula is C13H17NO. The summed E-state index contributed by atoms with van der Waals surface area (Å²) in [5.41, 5.74) is 1.36. The molecule has 0 aliphatic carbocycles. The standard InChI is InChI=1S/C13H17NO/c15-13-7-4-9-14(11-13)10-8-12-5-2-1-3-6-12/h1-7,13,15H,8-11H2. The highest BCUT2D eigenvalue weighted by molar-refractivity contribution is 5.15. The van der Waals surface area contributed by atoms with Crippen LogP contribution < -0.4 is 0 Å². The van der Waals surface area contributed by atoms with Crippen LogP contribution in [-0.4, -0.2) is 35.7 Å². The second-order valence-electron chi connectivity index (χ2n) is 3.99. The molecule has 80 valence electrons. The van der Waals surface area contributed by atoms with Gasteiger partial charge in [0.2, 0.25) is 0 Å². The molecule has 2 nitrogen and oxygen atoms in total. The molecule has 1 aromatic rings. The summed E-state index contributed by atoms with van der Waals surface area (Å²) in [5.74, 6) is 0. The minimum atomic E-state index is -0.283. The summed E-state index contributed by atoms with van der Waals surface area (Å²) in [6, 6.07) is 10.5. The van der Waals surface area contributed by atoms with E-state index in [0.717, 1.165) is 26.1 Å². The van der Waals surface area contributed by atoms with E-state index in [4.69, 9.17) is 0 Å². The number of aliphatic hydroxyl groups is 1. The minimum absolute atomic E-state index is 0.283. The summed E-state index contributed by atoms with van der Waals surface area (Å²) in [7, 11) is 0. The number of hydrogen-bond donors (Lipinski definition) is 1. The molecule has 1 unspecified atom stereocenters. The monoisotopic (exact) mass is 203 g/mol. The van der Waals surface area contributed by atoms with Crippen LogP contribution in [0.5, 0.6) is 0 Å². The van der Waals surface area contributed by atoms with Gasteiger partial charge in [-0.2, -0.15) is 0 Å². The zero-order valence-electron chi connectivity index (χ0n) is 8.84. The Balaban J connectivity index is 1.81. The largest absolute Gasteiger partial charge is 0.388 e. The van der Waals surface area contributed by atoms with Crippen molar-refractivity contribution in [2.24, 2.45) is 0 Å². The van der Waals surface area contributed by atoms with Crippen molar-refractivity contribution in [1.29, 1.82) is 0 Å². The Hall–Kier alpha value is -1.12. The van der Waals surface area contributed by atoms with Crippen LogP contribution >= 0.6 is 0 Å². The SMILES string of the molecule is OC1C=CCN(CCc2ccccc2)C1. The van der Waals surface area contributed by atoms with Gasteiger partial charge in [-0.25, -0.2) is 0 Å². The van der Waals surface area contributed by atoms with Crippen LogP contribution in [0.2, 0.25) is 0 Å². The molecule has 0 saturated carbocycles. The van der Waals surface area contributed by atoms with Crippen molar-refractivity contribution in [2.45, 2.75) is 12.5 Å². The lowest BCUT2D eigenvalue weighted by Gasteiger charge is -2.25. The van der Waals surface area contributed by atoms with Crippen LogP contribution in [0.4, 0.5) is 0 Å². The molecule has 1 atom stereocenters. The normalized spacial score (nSPS) is 21.8. The van der Waals surface area contributed by atoms with Crippen molar-refractivity contribution in [3.63, 3.8) is 0 Å². The van der Waals surface area contributed by atoms with Gasteiger partial charge in [-0.15, -0.1) is 0 Å². The summed E-state index contributed by atoms with van der Waals surface area (Å²) in [4.78, 5) is 2.28. The Kier molecular flexibility index (Phi) is 3.54. The zero-order chi connectivity index (χ0) is 10.5. The molecule has 1 N–H and O–H groups in total. The number of rotatable bonds is 3. The zero-order valence-corrected chi connectivity index (χ0v) is 8.84. The maximum Gasteiger partial charge on any atom is 0.0848 e. The smallest absolute Gasteiger partial charge is 0.0848 e. The van der Waals surface area contributed by atoms with E-state index >= 15 is 0 Å². The maximum absolute atomic E-state index is 9.45. The van der Waals surface area contributed by atoms with Crippen molar-refractivity contribution in [2.75, 3.05) is 19.6 Å². The molecule has 0 amide bonds. The molecule has 1 aliphatic heterocycles. The third-order valence-corrected chi connectivity index (χ3v) is 2.73. The number of hydrogen-bond acceptors (Lipinski definition) is 2. The molecule has 0 saturated heterocycles. The van der Waals surface area contributed by atoms with E-state index in [1.165, 1.54) is 5.56 Å². The summed E-state index contributed by atoms with van der Waals surface area (Å²) in [6.07, 6.45) is 4.69. The maximum atomic E-state index is 9.45. The van der Waals surface area contributed by atoms with Crippen molar-refractivity contribution in [3.05, 3.63) is 48.0 Å². The summed E-state index contributed by atoms with van der Waals surface area (Å²) >= 11 is 0. The van der Waals surface area contributed by atoms with Crippen LogP contribution in [0.25, 0.3) is 0 Å². The predicted molar refractivity (Wildman–Crippen MR) is 61.7 cm³/mol. The fourth-order valence-electron chi connectivity index (χ4n) is 1.88. The van der Waals surface area contributed by atoms with E-state index in [1.54, 1.807) is 0 Å². The first-order valence-electron chi connectivity index (χ1n) is 5.45. The van der Waals surface area contributed by atoms with E-state index in [-0.39, 0.29) is 6.10 Å². The Morgan fingerprint density at radius 2 is 2.07 bits per heavy atom. The lowest BCUT2D eigenvalue weighted by molar-refractivity contribution is 0.145. The average molecular weight is 203 g/mol. The van der Waals surface area contributed by atoms with Crippen LogP contribution in [0.1, 0.15) is 5.56 Å². The van der Waals surface area contributed by atoms with Gasteiger partial charge in [0.1, 0.15) is 0 Å². The highest BCUT2D eigenvalue weighted by atomic mass is 16.3. The van der Waals surface area contributed by atoms with E-state index in [2.05, 4.69) is 29.2 Å². The molecule has 1 aliphatic rings. The molecule has 0 bridgehead atoms. The van der Waals surface area contributed by atoms with Crippen LogP contribution in [0.3, 0.4) is 0 Å². The quantitative estimate of drug-likeness (QED) is 0.752. The van der Waals surface area contributed by atoms with Crippen molar-refractivity contribution >= 4 is 0 Å². The molecule has 0 aromatic heterocycles. The molecule has 0 fully saturated rings. The van der Waals surface area contributed by atoms with Crippen LogP contribution in [0, 0.1) is 0 Å². The summed E-state index contributed by atoms with van der Waals surface area (Å²) in [5, 5.41) is 9.45. The van der Waals surface area contributed by atoms with Crippen LogP contribution in [0.15, 0.2) is 42.5 Å². The lowest BCUT2D eigenvalue weighted by Crippen LogP contribution is -2.36. The Labute approximate surface area is 90.8 Å². The van der Waals surface area contributed by atoms with Gasteiger partial charge >= 0.3 is 0 Å². The summed E-state index contributed by atoms with van der Waals surface area (Å²) in [6.45, 7) is 2.75. The predicted octanol–water partition coefficient (Wildman–Crippen LogP) is 1.46. The fraction of sp³-hybridized carbons (Fsp3) is 0.385. The van der Waals surface area contributed by atoms with Crippen LogP contribution in [-0.2, 0) is 6.42 Å². The molecule has 1 aromatic carbocycles. The average Bonchev–Trinajstić information content (AvgIpc) is 2.28. The first-order chi connectivity index (χ1) is 7.34. The van der Waals surface area contributed by atoms with Crippen molar-refractivity contribution in [1.82, 2.24) is 4.90 Å². The molecule has 0 spiro atoms. The number of aliphatic hydroxyl groups excluding tert-OH is 1. The fourth-order valence-corrected chi connectivity index (χ4v) is 1.88. The molecular weight excluding hydrogens is 186 g/mol. The van der Waals surface area contributed by atoms with Gasteiger partial charge < -0.3 is 5.11 Å². The first kappa shape index (κ1) is 10.4. The summed E-state index contributed by atoms with van der Waals surface area (Å²) < 4.78 is 0. The molecule has 2 rings (SSSR count). The Bertz CT molecular complexity index is 321. The van der Waals surface area contributed by atoms with Gasteiger partial charge in [-0.05, 0) is 12.0 Å². The minimum Gasteiger partial charge on any atom is -0.388 e. The number of benzene rings is 1. The van der Waals surface area contributed by atoms with Gasteiger partial charge in [0.25, 0.3) is 0 Å². The van der Waals surface area contributed by atoms with Gasteiger partial charge in [0.05, 0.1) is 6.10 Å². The van der Waals surface area contributed by atoms with Crippen molar-refractivity contribution < 1.29 is 5.11 Å². The first-order valence-corrected chi connectivity index (χ1v) is 5.45. The highest BCUT2D eigenvalue weighted by Crippen LogP contribution is 2.05. The van der Waals surface area contributed by atoms with Crippen molar-refractivity contribution in [3.8, 4) is 0 Å². The van der Waals surface area contributed by atoms with Gasteiger partial charge in [0, 0.05) is 19.6 Å². The van der Waals surface area contributed by atoms with E-state index < -0.39 is 0 Å². The number of nitrogens with zero attached hydrogens (tertiary/aromatic N) is 1. The second-order valence-corrected chi connectivity index (χ2v) is 3.99. The van der Waals surface area contributed by atoms with E-state index in [9.17, 15) is 5.11 Å². The third kappa shape index (κ3) is 3.18. The molecule has 1 heterocycles. The van der Waals surface area contributed by atoms with Gasteiger partial charge in [0.15, 0.2) is 0 Å².